The van der Waals surface area contributed by atoms with E-state index in [4.69, 9.17) is 21.1 Å². The van der Waals surface area contributed by atoms with Gasteiger partial charge in [0.2, 0.25) is 0 Å². The molecule has 0 aromatic heterocycles. The normalized spacial score (nSPS) is 21.4. The fourth-order valence-electron chi connectivity index (χ4n) is 4.01. The van der Waals surface area contributed by atoms with Gasteiger partial charge in [0.1, 0.15) is 0 Å². The van der Waals surface area contributed by atoms with E-state index in [9.17, 15) is 0 Å². The van der Waals surface area contributed by atoms with Crippen molar-refractivity contribution >= 4 is 17.6 Å². The predicted molar refractivity (Wildman–Crippen MR) is 119 cm³/mol. The van der Waals surface area contributed by atoms with Crippen LogP contribution in [0.2, 0.25) is 5.02 Å². The molecule has 2 aliphatic heterocycles. The lowest BCUT2D eigenvalue weighted by molar-refractivity contribution is 0.0168. The minimum Gasteiger partial charge on any atom is -0.379 e. The number of hydrogen-bond acceptors (Lipinski definition) is 4. The number of rotatable bonds is 10. The molecule has 6 nitrogen and oxygen atoms in total. The van der Waals surface area contributed by atoms with Gasteiger partial charge >= 0.3 is 0 Å². The van der Waals surface area contributed by atoms with E-state index in [0.717, 1.165) is 69.6 Å². The summed E-state index contributed by atoms with van der Waals surface area (Å²) in [6, 6.07) is 8.50. The lowest BCUT2D eigenvalue weighted by Crippen LogP contribution is -2.43. The Morgan fingerprint density at radius 2 is 2.17 bits per heavy atom. The number of aliphatic imine (C=N–C) groups is 1. The highest BCUT2D eigenvalue weighted by Gasteiger charge is 2.23. The lowest BCUT2D eigenvalue weighted by Gasteiger charge is -2.29. The van der Waals surface area contributed by atoms with Crippen molar-refractivity contribution in [2.24, 2.45) is 4.99 Å². The summed E-state index contributed by atoms with van der Waals surface area (Å²) in [6.45, 7) is 6.23. The predicted octanol–water partition coefficient (Wildman–Crippen LogP) is 3.23. The second-order valence-corrected chi connectivity index (χ2v) is 8.19. The molecule has 3 rings (SSSR count). The van der Waals surface area contributed by atoms with Gasteiger partial charge in [-0.3, -0.25) is 9.89 Å². The minimum atomic E-state index is 0.296. The summed E-state index contributed by atoms with van der Waals surface area (Å²) in [6.07, 6.45) is 6.04. The van der Waals surface area contributed by atoms with Crippen LogP contribution < -0.4 is 10.6 Å². The summed E-state index contributed by atoms with van der Waals surface area (Å²) in [7, 11) is 1.81. The van der Waals surface area contributed by atoms with Crippen molar-refractivity contribution in [1.82, 2.24) is 15.5 Å². The van der Waals surface area contributed by atoms with E-state index in [2.05, 4.69) is 32.7 Å². The van der Waals surface area contributed by atoms with Gasteiger partial charge in [-0.1, -0.05) is 23.7 Å². The van der Waals surface area contributed by atoms with Crippen molar-refractivity contribution in [1.29, 1.82) is 0 Å². The Hall–Kier alpha value is -1.34. The van der Waals surface area contributed by atoms with E-state index in [1.54, 1.807) is 0 Å². The third-order valence-corrected chi connectivity index (χ3v) is 5.82. The number of ether oxygens (including phenoxy) is 2. The highest BCUT2D eigenvalue weighted by Crippen LogP contribution is 2.26. The fourth-order valence-corrected chi connectivity index (χ4v) is 4.21. The van der Waals surface area contributed by atoms with Crippen LogP contribution in [0.25, 0.3) is 0 Å². The quantitative estimate of drug-likeness (QED) is 0.344. The molecule has 2 aliphatic rings. The number of likely N-dealkylation sites (tertiary alicyclic amines) is 1. The summed E-state index contributed by atoms with van der Waals surface area (Å²) in [5.74, 6) is 0.829. The third kappa shape index (κ3) is 7.45. The average molecular weight is 423 g/mol. The SMILES string of the molecule is CN=C(NCCCOCC1CCCO1)NCC(c1cccc(Cl)c1)N1CCCC1. The van der Waals surface area contributed by atoms with Crippen LogP contribution in [-0.2, 0) is 9.47 Å². The Labute approximate surface area is 180 Å². The molecule has 29 heavy (non-hydrogen) atoms. The first-order valence-electron chi connectivity index (χ1n) is 10.9. The maximum Gasteiger partial charge on any atom is 0.191 e. The molecule has 0 aliphatic carbocycles. The molecule has 1 aromatic rings. The molecule has 0 spiro atoms. The molecular formula is C22H35ClN4O2. The van der Waals surface area contributed by atoms with Crippen LogP contribution >= 0.6 is 11.6 Å². The third-order valence-electron chi connectivity index (χ3n) is 5.59. The van der Waals surface area contributed by atoms with Crippen LogP contribution in [0.3, 0.4) is 0 Å². The van der Waals surface area contributed by atoms with Gasteiger partial charge in [-0.25, -0.2) is 0 Å². The molecule has 2 unspecified atom stereocenters. The molecule has 0 bridgehead atoms. The largest absolute Gasteiger partial charge is 0.379 e. The Kier molecular flexibility index (Phi) is 9.54. The second-order valence-electron chi connectivity index (χ2n) is 7.76. The zero-order chi connectivity index (χ0) is 20.3. The number of guanidine groups is 1. The molecule has 0 radical (unpaired) electrons. The zero-order valence-corrected chi connectivity index (χ0v) is 18.3. The van der Waals surface area contributed by atoms with Gasteiger partial charge in [0.25, 0.3) is 0 Å². The summed E-state index contributed by atoms with van der Waals surface area (Å²) in [4.78, 5) is 6.90. The van der Waals surface area contributed by atoms with Gasteiger partial charge in [0.15, 0.2) is 5.96 Å². The molecule has 0 saturated carbocycles. The van der Waals surface area contributed by atoms with Crippen molar-refractivity contribution in [3.05, 3.63) is 34.9 Å². The van der Waals surface area contributed by atoms with Crippen molar-refractivity contribution in [3.8, 4) is 0 Å². The summed E-state index contributed by atoms with van der Waals surface area (Å²) >= 11 is 6.24. The second kappa shape index (κ2) is 12.4. The van der Waals surface area contributed by atoms with E-state index in [1.165, 1.54) is 18.4 Å². The number of nitrogens with zero attached hydrogens (tertiary/aromatic N) is 2. The van der Waals surface area contributed by atoms with Crippen LogP contribution in [0.5, 0.6) is 0 Å². The van der Waals surface area contributed by atoms with E-state index in [-0.39, 0.29) is 0 Å². The van der Waals surface area contributed by atoms with Gasteiger partial charge in [-0.15, -0.1) is 0 Å². The van der Waals surface area contributed by atoms with Gasteiger partial charge < -0.3 is 20.1 Å². The molecular weight excluding hydrogens is 388 g/mol. The summed E-state index contributed by atoms with van der Waals surface area (Å²) < 4.78 is 11.3. The monoisotopic (exact) mass is 422 g/mol. The highest BCUT2D eigenvalue weighted by atomic mass is 35.5. The van der Waals surface area contributed by atoms with Crippen LogP contribution in [0, 0.1) is 0 Å². The first-order chi connectivity index (χ1) is 14.3. The molecule has 2 fully saturated rings. The molecule has 2 N–H and O–H groups in total. The Balaban J connectivity index is 1.40. The van der Waals surface area contributed by atoms with Gasteiger partial charge in [-0.2, -0.15) is 0 Å². The van der Waals surface area contributed by atoms with Gasteiger partial charge in [0.05, 0.1) is 18.8 Å². The molecule has 162 valence electrons. The molecule has 2 atom stereocenters. The van der Waals surface area contributed by atoms with Crippen LogP contribution in [0.4, 0.5) is 0 Å². The molecule has 0 amide bonds. The average Bonchev–Trinajstić information content (AvgIpc) is 3.43. The number of halogens is 1. The molecule has 1 aromatic carbocycles. The zero-order valence-electron chi connectivity index (χ0n) is 17.5. The van der Waals surface area contributed by atoms with E-state index >= 15 is 0 Å². The van der Waals surface area contributed by atoms with E-state index < -0.39 is 0 Å². The lowest BCUT2D eigenvalue weighted by atomic mass is 10.1. The Morgan fingerprint density at radius 3 is 2.90 bits per heavy atom. The minimum absolute atomic E-state index is 0.296. The highest BCUT2D eigenvalue weighted by molar-refractivity contribution is 6.30. The van der Waals surface area contributed by atoms with Gasteiger partial charge in [0, 0.05) is 38.4 Å². The van der Waals surface area contributed by atoms with Crippen molar-refractivity contribution in [2.45, 2.75) is 44.2 Å². The fraction of sp³-hybridized carbons (Fsp3) is 0.682. The summed E-state index contributed by atoms with van der Waals surface area (Å²) in [5.41, 5.74) is 1.25. The first-order valence-corrected chi connectivity index (χ1v) is 11.3. The molecule has 2 heterocycles. The van der Waals surface area contributed by atoms with E-state index in [0.29, 0.717) is 18.8 Å². The number of nitrogens with one attached hydrogen (secondary N) is 2. The number of benzene rings is 1. The Morgan fingerprint density at radius 1 is 1.31 bits per heavy atom. The first kappa shape index (κ1) is 22.3. The number of hydrogen-bond donors (Lipinski definition) is 2. The van der Waals surface area contributed by atoms with Crippen molar-refractivity contribution < 1.29 is 9.47 Å². The van der Waals surface area contributed by atoms with Crippen LogP contribution in [0.15, 0.2) is 29.3 Å². The van der Waals surface area contributed by atoms with E-state index in [1.807, 2.05) is 19.2 Å². The molecule has 2 saturated heterocycles. The molecule has 7 heteroatoms. The smallest absolute Gasteiger partial charge is 0.191 e. The van der Waals surface area contributed by atoms with Crippen molar-refractivity contribution in [2.75, 3.05) is 53.0 Å². The maximum atomic E-state index is 6.24. The van der Waals surface area contributed by atoms with Crippen LogP contribution in [0.1, 0.15) is 43.7 Å². The summed E-state index contributed by atoms with van der Waals surface area (Å²) in [5, 5.41) is 7.67. The maximum absolute atomic E-state index is 6.24. The Bertz CT molecular complexity index is 631. The topological polar surface area (TPSA) is 58.1 Å². The van der Waals surface area contributed by atoms with Crippen molar-refractivity contribution in [3.63, 3.8) is 0 Å². The van der Waals surface area contributed by atoms with Crippen LogP contribution in [-0.4, -0.2) is 70.0 Å². The van der Waals surface area contributed by atoms with Gasteiger partial charge in [-0.05, 0) is 62.9 Å². The standard InChI is InChI=1S/C22H35ClN4O2/c1-24-22(25-10-6-13-28-17-20-9-5-14-29-20)26-16-21(27-11-2-3-12-27)18-7-4-8-19(23)15-18/h4,7-8,15,20-21H,2-3,5-6,9-14,16-17H2,1H3,(H2,24,25,26).